The number of ether oxygens (including phenoxy) is 1. The van der Waals surface area contributed by atoms with E-state index in [1.54, 1.807) is 6.08 Å². The van der Waals surface area contributed by atoms with Crippen LogP contribution in [0.1, 0.15) is 48.4 Å². The maximum Gasteiger partial charge on any atom is 0.318 e. The second kappa shape index (κ2) is 16.1. The van der Waals surface area contributed by atoms with Crippen LogP contribution in [0.3, 0.4) is 0 Å². The Hall–Kier alpha value is -4.84. The van der Waals surface area contributed by atoms with Gasteiger partial charge in [0.15, 0.2) is 0 Å². The first-order valence-electron chi connectivity index (χ1n) is 16.2. The highest BCUT2D eigenvalue weighted by Crippen LogP contribution is 2.39. The molecule has 47 heavy (non-hydrogen) atoms. The minimum atomic E-state index is -0.566. The van der Waals surface area contributed by atoms with E-state index in [4.69, 9.17) is 24.6 Å². The van der Waals surface area contributed by atoms with Crippen molar-refractivity contribution in [3.8, 4) is 18.1 Å². The number of piperazine rings is 1. The third kappa shape index (κ3) is 7.76. The molecule has 3 aromatic rings. The van der Waals surface area contributed by atoms with Crippen molar-refractivity contribution in [2.24, 2.45) is 0 Å². The number of anilines is 1. The van der Waals surface area contributed by atoms with Gasteiger partial charge in [-0.25, -0.2) is 0 Å². The first-order chi connectivity index (χ1) is 23.0. The monoisotopic (exact) mass is 635 g/mol. The summed E-state index contributed by atoms with van der Waals surface area (Å²) in [6.07, 6.45) is 8.88. The number of hydrogen-bond donors (Lipinski definition) is 1. The quantitative estimate of drug-likeness (QED) is 0.267. The van der Waals surface area contributed by atoms with Crippen molar-refractivity contribution in [1.29, 1.82) is 10.5 Å². The van der Waals surface area contributed by atoms with E-state index < -0.39 is 6.04 Å². The molecule has 2 fully saturated rings. The number of likely N-dealkylation sites (tertiary alicyclic amines) is 1. The average Bonchev–Trinajstić information content (AvgIpc) is 3.52. The van der Waals surface area contributed by atoms with E-state index in [0.717, 1.165) is 49.3 Å². The molecular formula is C36H41N7O4. The van der Waals surface area contributed by atoms with Crippen LogP contribution in [0.2, 0.25) is 0 Å². The zero-order chi connectivity index (χ0) is 33.2. The van der Waals surface area contributed by atoms with Crippen LogP contribution in [-0.4, -0.2) is 95.6 Å². The number of nitriles is 2. The van der Waals surface area contributed by atoms with Crippen LogP contribution in [0.25, 0.3) is 10.8 Å². The van der Waals surface area contributed by atoms with Crippen molar-refractivity contribution in [2.75, 3.05) is 44.7 Å². The molecule has 0 bridgehead atoms. The fraction of sp³-hybridized carbons (Fsp3) is 0.444. The molecule has 3 heterocycles. The van der Waals surface area contributed by atoms with Crippen LogP contribution >= 0.6 is 0 Å². The molecule has 4 atom stereocenters. The van der Waals surface area contributed by atoms with Gasteiger partial charge in [-0.3, -0.25) is 14.5 Å². The predicted molar refractivity (Wildman–Crippen MR) is 178 cm³/mol. The number of benzene rings is 2. The van der Waals surface area contributed by atoms with Crippen LogP contribution in [0.5, 0.6) is 6.01 Å². The fourth-order valence-electron chi connectivity index (χ4n) is 7.23. The normalized spacial score (nSPS) is 22.0. The van der Waals surface area contributed by atoms with Gasteiger partial charge in [-0.1, -0.05) is 42.5 Å². The molecule has 0 saturated carbocycles. The van der Waals surface area contributed by atoms with Gasteiger partial charge in [0, 0.05) is 37.3 Å². The number of hydrogen-bond acceptors (Lipinski definition) is 10. The molecule has 6 rings (SSSR count). The number of carbonyl (C=O) groups excluding carboxylic acids is 1. The summed E-state index contributed by atoms with van der Waals surface area (Å²) in [5, 5.41) is 28.9. The summed E-state index contributed by atoms with van der Waals surface area (Å²) in [5.41, 5.74) is 3.56. The number of aldehydes is 1. The van der Waals surface area contributed by atoms with Gasteiger partial charge < -0.3 is 19.6 Å². The highest BCUT2D eigenvalue weighted by molar-refractivity contribution is 5.86. The summed E-state index contributed by atoms with van der Waals surface area (Å²) in [6.45, 7) is 3.17. The van der Waals surface area contributed by atoms with E-state index in [9.17, 15) is 15.3 Å². The summed E-state index contributed by atoms with van der Waals surface area (Å²) in [5.74, 6) is 1.23. The molecule has 2 saturated heterocycles. The van der Waals surface area contributed by atoms with Gasteiger partial charge in [-0.2, -0.15) is 20.5 Å². The van der Waals surface area contributed by atoms with Crippen molar-refractivity contribution >= 4 is 29.3 Å². The van der Waals surface area contributed by atoms with Crippen molar-refractivity contribution < 1.29 is 19.4 Å². The largest absolute Gasteiger partial charge is 0.483 e. The first kappa shape index (κ1) is 33.5. The van der Waals surface area contributed by atoms with E-state index in [-0.39, 0.29) is 18.9 Å². The second-order valence-electron chi connectivity index (χ2n) is 12.3. The lowest BCUT2D eigenvalue weighted by molar-refractivity contribution is -0.122. The van der Waals surface area contributed by atoms with Crippen molar-refractivity contribution in [1.82, 2.24) is 19.8 Å². The van der Waals surface area contributed by atoms with Crippen LogP contribution in [-0.2, 0) is 22.4 Å². The lowest BCUT2D eigenvalue weighted by Crippen LogP contribution is -2.56. The molecule has 1 N–H and O–H groups in total. The number of nitrogens with zero attached hydrogens (tertiary/aromatic N) is 7. The highest BCUT2D eigenvalue weighted by atomic mass is 16.5. The minimum Gasteiger partial charge on any atom is -0.483 e. The average molecular weight is 636 g/mol. The Morgan fingerprint density at radius 3 is 2.62 bits per heavy atom. The zero-order valence-electron chi connectivity index (χ0n) is 26.7. The molecule has 0 amide bonds. The van der Waals surface area contributed by atoms with Crippen LogP contribution < -0.4 is 9.64 Å². The number of carbonyl (C=O) groups is 2. The van der Waals surface area contributed by atoms with Gasteiger partial charge in [0.1, 0.15) is 24.8 Å². The van der Waals surface area contributed by atoms with E-state index in [1.807, 2.05) is 4.90 Å². The predicted octanol–water partition coefficient (Wildman–Crippen LogP) is 4.13. The molecule has 0 radical (unpaired) electrons. The standard InChI is InChI=1S/C35H39N7O2.CH2O2/c1-40-17-5-9-29(40)24-44-35-38-33-21-26(31-12-4-8-25-7-2-3-11-30(25)31)13-14-32(33)34(39-35)41-18-19-42(28(23-41)15-16-36)27(22-37)10-6-20-43;2-1-3/h2-4,6-8,10-12,20,26-29H,5,9,13-15,17-19,21,23-24H2,1H3;1H,(H,2,3)/t26-,27?,28-,29-;/m0./s1. The Morgan fingerprint density at radius 2 is 1.87 bits per heavy atom. The molecular weight excluding hydrogens is 594 g/mol. The highest BCUT2D eigenvalue weighted by Gasteiger charge is 2.35. The third-order valence-corrected chi connectivity index (χ3v) is 9.59. The molecule has 11 heteroatoms. The van der Waals surface area contributed by atoms with Gasteiger partial charge in [0.2, 0.25) is 0 Å². The number of aromatic nitrogens is 2. The SMILES string of the molecule is CN1CCC[C@H]1COc1nc2c(c(N3CCN(C(C#N)C=CC=O)[C@@H](CC#N)C3)n1)CC[C@H](c1cccc3ccccc13)C2.O=CO. The summed E-state index contributed by atoms with van der Waals surface area (Å²) in [4.78, 5) is 36.0. The van der Waals surface area contributed by atoms with E-state index in [2.05, 4.69) is 71.5 Å². The van der Waals surface area contributed by atoms with Gasteiger partial charge in [0.25, 0.3) is 6.47 Å². The topological polar surface area (TPSA) is 147 Å². The molecule has 1 unspecified atom stereocenters. The summed E-state index contributed by atoms with van der Waals surface area (Å²) >= 11 is 0. The van der Waals surface area contributed by atoms with Crippen molar-refractivity contribution in [2.45, 2.75) is 62.6 Å². The molecule has 2 aromatic carbocycles. The Morgan fingerprint density at radius 1 is 1.06 bits per heavy atom. The van der Waals surface area contributed by atoms with Gasteiger partial charge in [0.05, 0.1) is 24.3 Å². The number of rotatable bonds is 9. The summed E-state index contributed by atoms with van der Waals surface area (Å²) in [6, 6.07) is 19.8. The van der Waals surface area contributed by atoms with Gasteiger partial charge in [-0.15, -0.1) is 0 Å². The number of fused-ring (bicyclic) bond motifs is 2. The lowest BCUT2D eigenvalue weighted by atomic mass is 9.80. The van der Waals surface area contributed by atoms with E-state index in [1.165, 1.54) is 28.8 Å². The maximum absolute atomic E-state index is 11.0. The molecule has 1 aliphatic carbocycles. The van der Waals surface area contributed by atoms with Crippen LogP contribution in [0.15, 0.2) is 54.6 Å². The Kier molecular flexibility index (Phi) is 11.5. The smallest absolute Gasteiger partial charge is 0.318 e. The van der Waals surface area contributed by atoms with Gasteiger partial charge >= 0.3 is 6.01 Å². The fourth-order valence-corrected chi connectivity index (χ4v) is 7.23. The van der Waals surface area contributed by atoms with Crippen LogP contribution in [0, 0.1) is 22.7 Å². The number of likely N-dealkylation sites (N-methyl/N-ethyl adjacent to an activating group) is 1. The summed E-state index contributed by atoms with van der Waals surface area (Å²) < 4.78 is 6.33. The molecule has 1 aromatic heterocycles. The third-order valence-electron chi connectivity index (χ3n) is 9.59. The Labute approximate surface area is 275 Å². The molecule has 3 aliphatic rings. The molecule has 244 valence electrons. The van der Waals surface area contributed by atoms with E-state index >= 15 is 0 Å². The van der Waals surface area contributed by atoms with Crippen molar-refractivity contribution in [3.63, 3.8) is 0 Å². The molecule has 0 spiro atoms. The first-order valence-corrected chi connectivity index (χ1v) is 16.2. The zero-order valence-corrected chi connectivity index (χ0v) is 26.7. The molecule has 11 nitrogen and oxygen atoms in total. The minimum absolute atomic E-state index is 0.177. The van der Waals surface area contributed by atoms with Gasteiger partial charge in [-0.05, 0) is 80.1 Å². The lowest BCUT2D eigenvalue weighted by Gasteiger charge is -2.43. The van der Waals surface area contributed by atoms with Crippen molar-refractivity contribution in [3.05, 3.63) is 71.4 Å². The Balaban J connectivity index is 0.00000139. The maximum atomic E-state index is 11.0. The second-order valence-corrected chi connectivity index (χ2v) is 12.3. The number of allylic oxidation sites excluding steroid dienone is 1. The Bertz CT molecular complexity index is 1660. The number of carboxylic acid groups (broad SMARTS) is 1. The van der Waals surface area contributed by atoms with Crippen LogP contribution in [0.4, 0.5) is 5.82 Å². The summed E-state index contributed by atoms with van der Waals surface area (Å²) in [7, 11) is 2.14. The molecule has 2 aliphatic heterocycles. The van der Waals surface area contributed by atoms with E-state index in [0.29, 0.717) is 50.5 Å².